The van der Waals surface area contributed by atoms with E-state index in [0.29, 0.717) is 0 Å². The monoisotopic (exact) mass is 421 g/mol. The van der Waals surface area contributed by atoms with Crippen molar-refractivity contribution in [3.8, 4) is 17.1 Å². The molecule has 4 heteroatoms. The predicted molar refractivity (Wildman–Crippen MR) is 129 cm³/mol. The molecule has 0 aliphatic rings. The molecule has 1 aromatic heterocycles. The molecule has 0 saturated heterocycles. The molecule has 0 unspecified atom stereocenters. The van der Waals surface area contributed by atoms with Crippen molar-refractivity contribution in [2.24, 2.45) is 0 Å². The minimum absolute atomic E-state index is 0.910. The van der Waals surface area contributed by atoms with Gasteiger partial charge in [0.2, 0.25) is 0 Å². The Morgan fingerprint density at radius 3 is 1.87 bits per heavy atom. The van der Waals surface area contributed by atoms with Gasteiger partial charge in [-0.05, 0) is 18.6 Å². The van der Waals surface area contributed by atoms with Crippen molar-refractivity contribution in [2.45, 2.75) is 76.3 Å². The number of hydrogen-bond donors (Lipinski definition) is 0. The molecule has 0 radical (unpaired) electrons. The van der Waals surface area contributed by atoms with Gasteiger partial charge in [-0.3, -0.25) is 4.57 Å². The van der Waals surface area contributed by atoms with E-state index in [1.807, 2.05) is 23.9 Å². The van der Waals surface area contributed by atoms with Gasteiger partial charge in [0, 0.05) is 17.0 Å². The Hall–Kier alpha value is -2.07. The lowest BCUT2D eigenvalue weighted by molar-refractivity contribution is 0.563. The fourth-order valence-corrected chi connectivity index (χ4v) is 4.65. The summed E-state index contributed by atoms with van der Waals surface area (Å²) in [6, 6.07) is 20.8. The lowest BCUT2D eigenvalue weighted by Gasteiger charge is -2.10. The van der Waals surface area contributed by atoms with Crippen LogP contribution in [0.25, 0.3) is 17.1 Å². The van der Waals surface area contributed by atoms with Crippen molar-refractivity contribution < 1.29 is 0 Å². The standard InChI is InChI=1S/C26H35N3S/c1-2-3-4-5-6-7-8-9-10-17-22-30-26-28-27-25(23-18-13-11-14-19-23)29(26)24-20-15-12-16-21-24/h11-16,18-21H,2-10,17,22H2,1H3. The van der Waals surface area contributed by atoms with Crippen LogP contribution in [-0.4, -0.2) is 20.5 Å². The average Bonchev–Trinajstić information content (AvgIpc) is 3.22. The Balaban J connectivity index is 1.49. The molecule has 0 spiro atoms. The molecule has 0 aliphatic carbocycles. The van der Waals surface area contributed by atoms with Crippen LogP contribution in [0, 0.1) is 0 Å². The van der Waals surface area contributed by atoms with Crippen molar-refractivity contribution in [1.82, 2.24) is 14.8 Å². The number of aromatic nitrogens is 3. The van der Waals surface area contributed by atoms with Gasteiger partial charge in [0.25, 0.3) is 0 Å². The van der Waals surface area contributed by atoms with E-state index in [4.69, 9.17) is 0 Å². The van der Waals surface area contributed by atoms with Crippen LogP contribution >= 0.6 is 11.8 Å². The van der Waals surface area contributed by atoms with E-state index in [1.54, 1.807) is 0 Å². The number of para-hydroxylation sites is 1. The van der Waals surface area contributed by atoms with Crippen molar-refractivity contribution in [2.75, 3.05) is 5.75 Å². The summed E-state index contributed by atoms with van der Waals surface area (Å²) in [6.07, 6.45) is 13.7. The third kappa shape index (κ3) is 7.02. The van der Waals surface area contributed by atoms with Crippen LogP contribution in [-0.2, 0) is 0 Å². The first-order valence-electron chi connectivity index (χ1n) is 11.6. The van der Waals surface area contributed by atoms with Gasteiger partial charge in [-0.15, -0.1) is 10.2 Å². The van der Waals surface area contributed by atoms with Gasteiger partial charge in [0.1, 0.15) is 0 Å². The lowest BCUT2D eigenvalue weighted by atomic mass is 10.1. The number of benzene rings is 2. The van der Waals surface area contributed by atoms with Gasteiger partial charge >= 0.3 is 0 Å². The quantitative estimate of drug-likeness (QED) is 0.195. The molecule has 1 heterocycles. The van der Waals surface area contributed by atoms with Crippen molar-refractivity contribution >= 4 is 11.8 Å². The highest BCUT2D eigenvalue weighted by Crippen LogP contribution is 2.28. The number of rotatable bonds is 14. The minimum Gasteiger partial charge on any atom is -0.270 e. The van der Waals surface area contributed by atoms with Gasteiger partial charge in [0.05, 0.1) is 0 Å². The van der Waals surface area contributed by atoms with Crippen LogP contribution < -0.4 is 0 Å². The largest absolute Gasteiger partial charge is 0.270 e. The van der Waals surface area contributed by atoms with E-state index in [2.05, 4.69) is 70.2 Å². The first-order valence-corrected chi connectivity index (χ1v) is 12.6. The zero-order valence-electron chi connectivity index (χ0n) is 18.3. The zero-order chi connectivity index (χ0) is 20.9. The molecule has 3 rings (SSSR count). The maximum atomic E-state index is 4.53. The third-order valence-electron chi connectivity index (χ3n) is 5.41. The van der Waals surface area contributed by atoms with Crippen LogP contribution in [0.4, 0.5) is 0 Å². The maximum absolute atomic E-state index is 4.53. The zero-order valence-corrected chi connectivity index (χ0v) is 19.1. The first kappa shape index (κ1) is 22.6. The van der Waals surface area contributed by atoms with Gasteiger partial charge in [-0.2, -0.15) is 0 Å². The van der Waals surface area contributed by atoms with Gasteiger partial charge in [-0.25, -0.2) is 0 Å². The van der Waals surface area contributed by atoms with E-state index in [9.17, 15) is 0 Å². The van der Waals surface area contributed by atoms with E-state index in [1.165, 1.54) is 64.2 Å². The molecule has 0 saturated carbocycles. The smallest absolute Gasteiger partial charge is 0.196 e. The summed E-state index contributed by atoms with van der Waals surface area (Å²) in [6.45, 7) is 2.28. The normalized spacial score (nSPS) is 11.1. The molecule has 3 nitrogen and oxygen atoms in total. The summed E-state index contributed by atoms with van der Waals surface area (Å²) in [5.41, 5.74) is 2.21. The molecule has 0 bridgehead atoms. The Morgan fingerprint density at radius 1 is 0.667 bits per heavy atom. The fraction of sp³-hybridized carbons (Fsp3) is 0.462. The molecule has 0 atom stereocenters. The number of unbranched alkanes of at least 4 members (excludes halogenated alkanes) is 9. The van der Waals surface area contributed by atoms with E-state index in [-0.39, 0.29) is 0 Å². The lowest BCUT2D eigenvalue weighted by Crippen LogP contribution is -1.99. The maximum Gasteiger partial charge on any atom is 0.196 e. The van der Waals surface area contributed by atoms with Gasteiger partial charge < -0.3 is 0 Å². The molecule has 2 aromatic carbocycles. The highest BCUT2D eigenvalue weighted by atomic mass is 32.2. The second-order valence-corrected chi connectivity index (χ2v) is 8.94. The summed E-state index contributed by atoms with van der Waals surface area (Å²) in [7, 11) is 0. The van der Waals surface area contributed by atoms with Gasteiger partial charge in [-0.1, -0.05) is 125 Å². The second-order valence-electron chi connectivity index (χ2n) is 7.87. The van der Waals surface area contributed by atoms with E-state index < -0.39 is 0 Å². The van der Waals surface area contributed by atoms with E-state index in [0.717, 1.165) is 28.0 Å². The molecule has 3 aromatic rings. The summed E-state index contributed by atoms with van der Waals surface area (Å²) < 4.78 is 2.19. The summed E-state index contributed by atoms with van der Waals surface area (Å²) >= 11 is 1.82. The number of hydrogen-bond acceptors (Lipinski definition) is 3. The van der Waals surface area contributed by atoms with Crippen LogP contribution in [0.15, 0.2) is 65.8 Å². The summed E-state index contributed by atoms with van der Waals surface area (Å²) in [4.78, 5) is 0. The third-order valence-corrected chi connectivity index (χ3v) is 6.42. The summed E-state index contributed by atoms with van der Waals surface area (Å²) in [5.74, 6) is 2.00. The Bertz CT molecular complexity index is 830. The Morgan fingerprint density at radius 2 is 1.23 bits per heavy atom. The molecule has 0 amide bonds. The Kier molecular flexibility index (Phi) is 10.0. The molecule has 0 fully saturated rings. The fourth-order valence-electron chi connectivity index (χ4n) is 3.70. The molecular formula is C26H35N3S. The minimum atomic E-state index is 0.910. The Labute approximate surface area is 186 Å². The van der Waals surface area contributed by atoms with Gasteiger partial charge in [0.15, 0.2) is 11.0 Å². The van der Waals surface area contributed by atoms with Crippen LogP contribution in [0.3, 0.4) is 0 Å². The van der Waals surface area contributed by atoms with Crippen molar-refractivity contribution in [3.05, 3.63) is 60.7 Å². The van der Waals surface area contributed by atoms with Crippen LogP contribution in [0.1, 0.15) is 71.1 Å². The number of thioether (sulfide) groups is 1. The molecule has 0 N–H and O–H groups in total. The SMILES string of the molecule is CCCCCCCCCCCCSc1nnc(-c2ccccc2)n1-c1ccccc1. The summed E-state index contributed by atoms with van der Waals surface area (Å²) in [5, 5.41) is 10.0. The predicted octanol–water partition coefficient (Wildman–Crippen LogP) is 7.95. The topological polar surface area (TPSA) is 30.7 Å². The van der Waals surface area contributed by atoms with Crippen molar-refractivity contribution in [1.29, 1.82) is 0 Å². The van der Waals surface area contributed by atoms with Crippen molar-refractivity contribution in [3.63, 3.8) is 0 Å². The first-order chi connectivity index (χ1) is 14.9. The second kappa shape index (κ2) is 13.3. The average molecular weight is 422 g/mol. The molecule has 0 aliphatic heterocycles. The molecular weight excluding hydrogens is 386 g/mol. The van der Waals surface area contributed by atoms with Crippen LogP contribution in [0.2, 0.25) is 0 Å². The highest BCUT2D eigenvalue weighted by molar-refractivity contribution is 7.99. The number of nitrogens with zero attached hydrogens (tertiary/aromatic N) is 3. The van der Waals surface area contributed by atoms with Crippen LogP contribution in [0.5, 0.6) is 0 Å². The van der Waals surface area contributed by atoms with E-state index >= 15 is 0 Å². The molecule has 160 valence electrons. The molecule has 30 heavy (non-hydrogen) atoms. The highest BCUT2D eigenvalue weighted by Gasteiger charge is 2.15.